The summed E-state index contributed by atoms with van der Waals surface area (Å²) < 4.78 is 8.34. The van der Waals surface area contributed by atoms with Crippen LogP contribution in [0.2, 0.25) is 0 Å². The first-order valence-corrected chi connectivity index (χ1v) is 9.92. The van der Waals surface area contributed by atoms with E-state index in [0.717, 1.165) is 12.0 Å². The van der Waals surface area contributed by atoms with Gasteiger partial charge in [0.05, 0.1) is 11.8 Å². The van der Waals surface area contributed by atoms with Gasteiger partial charge in [-0.15, -0.1) is 0 Å². The van der Waals surface area contributed by atoms with Crippen LogP contribution in [0.15, 0.2) is 82.3 Å². The smallest absolute Gasteiger partial charge is 0.277 e. The average molecular weight is 413 g/mol. The van der Waals surface area contributed by atoms with Gasteiger partial charge < -0.3 is 9.73 Å². The van der Waals surface area contributed by atoms with Crippen molar-refractivity contribution in [2.75, 3.05) is 6.54 Å². The summed E-state index contributed by atoms with van der Waals surface area (Å²) in [7, 11) is 0. The van der Waals surface area contributed by atoms with Crippen LogP contribution in [-0.2, 0) is 17.8 Å². The molecule has 1 N–H and O–H groups in total. The number of benzene rings is 1. The standard InChI is InChI=1S/C23H19N5O3/c29-21(24-12-10-16-6-2-1-3-7-16)15-27-18-8-4-11-25-22(18)28-19(23(27)30)14-17(26-28)20-9-5-13-31-20/h1-9,11,13-14H,10,12,15H2,(H,24,29). The number of fused-ring (bicyclic) bond motifs is 3. The zero-order valence-electron chi connectivity index (χ0n) is 16.6. The molecule has 0 spiro atoms. The minimum Gasteiger partial charge on any atom is -0.463 e. The van der Waals surface area contributed by atoms with E-state index in [4.69, 9.17) is 4.42 Å². The molecule has 0 bridgehead atoms. The second-order valence-electron chi connectivity index (χ2n) is 7.13. The van der Waals surface area contributed by atoms with Gasteiger partial charge in [-0.1, -0.05) is 30.3 Å². The fourth-order valence-corrected chi connectivity index (χ4v) is 3.60. The van der Waals surface area contributed by atoms with E-state index >= 15 is 0 Å². The molecule has 31 heavy (non-hydrogen) atoms. The Hall–Kier alpha value is -4.20. The number of furan rings is 1. The third-order valence-corrected chi connectivity index (χ3v) is 5.09. The Kier molecular flexibility index (Phi) is 4.80. The molecular formula is C23H19N5O3. The summed E-state index contributed by atoms with van der Waals surface area (Å²) in [5.74, 6) is 0.315. The van der Waals surface area contributed by atoms with Crippen molar-refractivity contribution < 1.29 is 9.21 Å². The van der Waals surface area contributed by atoms with E-state index in [1.807, 2.05) is 30.3 Å². The largest absolute Gasteiger partial charge is 0.463 e. The SMILES string of the molecule is O=C(Cn1c(=O)c2cc(-c3ccco3)nn2c2ncccc21)NCCc1ccccc1. The molecule has 4 aromatic heterocycles. The minimum absolute atomic E-state index is 0.104. The van der Waals surface area contributed by atoms with Crippen molar-refractivity contribution in [3.63, 3.8) is 0 Å². The number of carbonyl (C=O) groups is 1. The summed E-state index contributed by atoms with van der Waals surface area (Å²) in [6, 6.07) is 18.6. The molecule has 0 saturated heterocycles. The average Bonchev–Trinajstić information content (AvgIpc) is 3.48. The van der Waals surface area contributed by atoms with E-state index in [9.17, 15) is 9.59 Å². The number of aromatic nitrogens is 4. The molecular weight excluding hydrogens is 394 g/mol. The number of pyridine rings is 1. The van der Waals surface area contributed by atoms with E-state index in [1.54, 1.807) is 42.8 Å². The van der Waals surface area contributed by atoms with Gasteiger partial charge in [-0.25, -0.2) is 9.50 Å². The Labute approximate surface area is 176 Å². The van der Waals surface area contributed by atoms with Crippen molar-refractivity contribution in [1.82, 2.24) is 24.5 Å². The third-order valence-electron chi connectivity index (χ3n) is 5.09. The molecule has 0 unspecified atom stereocenters. The Bertz CT molecular complexity index is 1420. The van der Waals surface area contributed by atoms with E-state index in [1.165, 1.54) is 9.08 Å². The maximum Gasteiger partial charge on any atom is 0.277 e. The zero-order chi connectivity index (χ0) is 21.2. The van der Waals surface area contributed by atoms with Crippen molar-refractivity contribution in [3.05, 3.63) is 89.0 Å². The van der Waals surface area contributed by atoms with Crippen molar-refractivity contribution in [2.24, 2.45) is 0 Å². The molecule has 8 nitrogen and oxygen atoms in total. The van der Waals surface area contributed by atoms with Gasteiger partial charge in [-0.2, -0.15) is 5.10 Å². The Balaban J connectivity index is 1.47. The second-order valence-corrected chi connectivity index (χ2v) is 7.13. The molecule has 5 aromatic rings. The lowest BCUT2D eigenvalue weighted by atomic mass is 10.1. The van der Waals surface area contributed by atoms with Gasteiger partial charge in [-0.3, -0.25) is 14.2 Å². The Morgan fingerprint density at radius 2 is 1.90 bits per heavy atom. The van der Waals surface area contributed by atoms with Crippen molar-refractivity contribution in [3.8, 4) is 11.5 Å². The zero-order valence-corrected chi connectivity index (χ0v) is 16.6. The van der Waals surface area contributed by atoms with Crippen LogP contribution < -0.4 is 10.9 Å². The highest BCUT2D eigenvalue weighted by molar-refractivity contribution is 5.81. The predicted molar refractivity (Wildman–Crippen MR) is 116 cm³/mol. The normalized spacial score (nSPS) is 11.2. The molecule has 1 aromatic carbocycles. The van der Waals surface area contributed by atoms with Crippen LogP contribution in [0, 0.1) is 0 Å². The number of hydrogen-bond acceptors (Lipinski definition) is 5. The van der Waals surface area contributed by atoms with Crippen LogP contribution >= 0.6 is 0 Å². The third kappa shape index (κ3) is 3.59. The van der Waals surface area contributed by atoms with Crippen LogP contribution in [0.5, 0.6) is 0 Å². The molecule has 1 amide bonds. The number of nitrogens with one attached hydrogen (secondary N) is 1. The fourth-order valence-electron chi connectivity index (χ4n) is 3.60. The van der Waals surface area contributed by atoms with E-state index in [2.05, 4.69) is 15.4 Å². The first kappa shape index (κ1) is 18.8. The highest BCUT2D eigenvalue weighted by atomic mass is 16.3. The molecule has 0 aliphatic heterocycles. The highest BCUT2D eigenvalue weighted by Gasteiger charge is 2.17. The predicted octanol–water partition coefficient (Wildman–Crippen LogP) is 2.66. The van der Waals surface area contributed by atoms with E-state index in [-0.39, 0.29) is 18.0 Å². The number of carbonyl (C=O) groups excluding carboxylic acids is 1. The van der Waals surface area contributed by atoms with Gasteiger partial charge in [0.25, 0.3) is 5.56 Å². The fraction of sp³-hybridized carbons (Fsp3) is 0.130. The molecule has 0 radical (unpaired) electrons. The van der Waals surface area contributed by atoms with Crippen LogP contribution in [0.25, 0.3) is 28.1 Å². The first-order chi connectivity index (χ1) is 15.2. The molecule has 0 saturated carbocycles. The van der Waals surface area contributed by atoms with Crippen LogP contribution in [0.3, 0.4) is 0 Å². The summed E-state index contributed by atoms with van der Waals surface area (Å²) in [5, 5.41) is 7.38. The number of hydrogen-bond donors (Lipinski definition) is 1. The van der Waals surface area contributed by atoms with E-state index in [0.29, 0.717) is 34.7 Å². The summed E-state index contributed by atoms with van der Waals surface area (Å²) in [4.78, 5) is 30.2. The lowest BCUT2D eigenvalue weighted by Crippen LogP contribution is -2.34. The van der Waals surface area contributed by atoms with Gasteiger partial charge in [0.15, 0.2) is 11.4 Å². The Morgan fingerprint density at radius 3 is 2.71 bits per heavy atom. The maximum absolute atomic E-state index is 13.2. The summed E-state index contributed by atoms with van der Waals surface area (Å²) in [5.41, 5.74) is 2.71. The van der Waals surface area contributed by atoms with Crippen molar-refractivity contribution in [1.29, 1.82) is 0 Å². The van der Waals surface area contributed by atoms with Crippen LogP contribution in [0.1, 0.15) is 5.56 Å². The van der Waals surface area contributed by atoms with Crippen LogP contribution in [0.4, 0.5) is 0 Å². The first-order valence-electron chi connectivity index (χ1n) is 9.92. The summed E-state index contributed by atoms with van der Waals surface area (Å²) >= 11 is 0. The van der Waals surface area contributed by atoms with Crippen molar-refractivity contribution in [2.45, 2.75) is 13.0 Å². The highest BCUT2D eigenvalue weighted by Crippen LogP contribution is 2.21. The Morgan fingerprint density at radius 1 is 1.03 bits per heavy atom. The lowest BCUT2D eigenvalue weighted by molar-refractivity contribution is -0.121. The van der Waals surface area contributed by atoms with Crippen molar-refractivity contribution >= 4 is 22.6 Å². The molecule has 154 valence electrons. The van der Waals surface area contributed by atoms with Gasteiger partial charge in [0, 0.05) is 18.8 Å². The minimum atomic E-state index is -0.316. The molecule has 0 fully saturated rings. The number of amides is 1. The molecule has 0 atom stereocenters. The quantitative estimate of drug-likeness (QED) is 0.462. The topological polar surface area (TPSA) is 94.4 Å². The summed E-state index contributed by atoms with van der Waals surface area (Å²) in [6.07, 6.45) is 3.90. The molecule has 8 heteroatoms. The van der Waals surface area contributed by atoms with Crippen LogP contribution in [-0.4, -0.2) is 31.6 Å². The maximum atomic E-state index is 13.2. The van der Waals surface area contributed by atoms with Gasteiger partial charge in [-0.05, 0) is 36.2 Å². The molecule has 0 aliphatic rings. The van der Waals surface area contributed by atoms with Gasteiger partial charge in [0.2, 0.25) is 5.91 Å². The second kappa shape index (κ2) is 7.91. The molecule has 0 aliphatic carbocycles. The number of rotatable bonds is 6. The summed E-state index contributed by atoms with van der Waals surface area (Å²) in [6.45, 7) is 0.388. The molecule has 4 heterocycles. The monoisotopic (exact) mass is 413 g/mol. The lowest BCUT2D eigenvalue weighted by Gasteiger charge is -2.11. The van der Waals surface area contributed by atoms with Gasteiger partial charge >= 0.3 is 0 Å². The molecule has 5 rings (SSSR count). The van der Waals surface area contributed by atoms with E-state index < -0.39 is 0 Å². The van der Waals surface area contributed by atoms with Gasteiger partial charge in [0.1, 0.15) is 17.8 Å². The number of nitrogens with zero attached hydrogens (tertiary/aromatic N) is 4.